The summed E-state index contributed by atoms with van der Waals surface area (Å²) in [6, 6.07) is 13.9. The number of ether oxygens (including phenoxy) is 3. The van der Waals surface area contributed by atoms with E-state index in [4.69, 9.17) is 14.2 Å². The highest BCUT2D eigenvalue weighted by Crippen LogP contribution is 2.33. The lowest BCUT2D eigenvalue weighted by Crippen LogP contribution is -2.28. The van der Waals surface area contributed by atoms with Gasteiger partial charge >= 0.3 is 5.97 Å². The molecule has 0 aromatic heterocycles. The number of carbonyl (C=O) groups excluding carboxylic acids is 2. The molecule has 6 nitrogen and oxygen atoms in total. The number of hydrogen-bond donors (Lipinski definition) is 1. The minimum absolute atomic E-state index is 0.0505. The summed E-state index contributed by atoms with van der Waals surface area (Å²) in [5.74, 6) is 0.236. The van der Waals surface area contributed by atoms with Gasteiger partial charge in [0, 0.05) is 5.56 Å². The van der Waals surface area contributed by atoms with Gasteiger partial charge in [0.25, 0.3) is 5.91 Å². The van der Waals surface area contributed by atoms with Gasteiger partial charge in [-0.15, -0.1) is 0 Å². The average molecular weight is 339 g/mol. The monoisotopic (exact) mass is 339 g/mol. The van der Waals surface area contributed by atoms with Crippen LogP contribution in [0.3, 0.4) is 0 Å². The second-order valence-corrected chi connectivity index (χ2v) is 5.21. The summed E-state index contributed by atoms with van der Waals surface area (Å²) in [5.41, 5.74) is 1.18. The van der Waals surface area contributed by atoms with Gasteiger partial charge in [0.2, 0.25) is 6.79 Å². The second kappa shape index (κ2) is 7.53. The highest BCUT2D eigenvalue weighted by atomic mass is 16.7. The van der Waals surface area contributed by atoms with Crippen molar-refractivity contribution in [2.75, 3.05) is 13.4 Å². The Morgan fingerprint density at radius 2 is 1.88 bits per heavy atom. The molecular weight excluding hydrogens is 322 g/mol. The first-order chi connectivity index (χ1) is 12.2. The molecule has 0 unspecified atom stereocenters. The number of fused-ring (bicyclic) bond motifs is 1. The predicted molar refractivity (Wildman–Crippen MR) is 91.1 cm³/mol. The van der Waals surface area contributed by atoms with E-state index in [0.29, 0.717) is 22.6 Å². The van der Waals surface area contributed by atoms with Crippen molar-refractivity contribution >= 4 is 18.0 Å². The number of amides is 1. The molecule has 1 heterocycles. The first-order valence-electron chi connectivity index (χ1n) is 7.82. The Labute approximate surface area is 145 Å². The lowest BCUT2D eigenvalue weighted by molar-refractivity contribution is -0.138. The number of esters is 1. The number of rotatable bonds is 5. The lowest BCUT2D eigenvalue weighted by Gasteiger charge is -2.10. The van der Waals surface area contributed by atoms with Gasteiger partial charge in [0.1, 0.15) is 5.70 Å². The Morgan fingerprint density at radius 3 is 2.64 bits per heavy atom. The van der Waals surface area contributed by atoms with Gasteiger partial charge in [0.15, 0.2) is 11.5 Å². The van der Waals surface area contributed by atoms with Crippen LogP contribution in [0.25, 0.3) is 6.08 Å². The smallest absolute Gasteiger partial charge is 0.354 e. The van der Waals surface area contributed by atoms with Crippen LogP contribution in [-0.2, 0) is 9.53 Å². The molecule has 0 saturated carbocycles. The van der Waals surface area contributed by atoms with Gasteiger partial charge in [-0.2, -0.15) is 0 Å². The molecule has 2 aromatic rings. The van der Waals surface area contributed by atoms with Gasteiger partial charge in [-0.25, -0.2) is 4.79 Å². The van der Waals surface area contributed by atoms with Crippen LogP contribution in [0.4, 0.5) is 0 Å². The molecule has 2 aromatic carbocycles. The van der Waals surface area contributed by atoms with Crippen LogP contribution in [0, 0.1) is 0 Å². The summed E-state index contributed by atoms with van der Waals surface area (Å²) in [6.45, 7) is 2.08. The number of nitrogens with one attached hydrogen (secondary N) is 1. The van der Waals surface area contributed by atoms with Crippen molar-refractivity contribution in [3.8, 4) is 11.5 Å². The normalized spacial score (nSPS) is 12.6. The van der Waals surface area contributed by atoms with E-state index in [1.807, 2.05) is 6.07 Å². The summed E-state index contributed by atoms with van der Waals surface area (Å²) >= 11 is 0. The molecule has 0 bridgehead atoms. The topological polar surface area (TPSA) is 73.9 Å². The Hall–Kier alpha value is -3.28. The first kappa shape index (κ1) is 16.6. The van der Waals surface area contributed by atoms with Gasteiger partial charge in [-0.1, -0.05) is 24.3 Å². The maximum atomic E-state index is 12.3. The molecule has 1 aliphatic rings. The fraction of sp³-hybridized carbons (Fsp3) is 0.158. The summed E-state index contributed by atoms with van der Waals surface area (Å²) < 4.78 is 15.6. The van der Waals surface area contributed by atoms with Crippen molar-refractivity contribution in [2.45, 2.75) is 6.92 Å². The SMILES string of the molecule is CCOC(=O)C(=Cc1ccc2c(c1)OCO2)NC(=O)c1ccccc1. The van der Waals surface area contributed by atoms with E-state index < -0.39 is 5.97 Å². The molecule has 1 aliphatic heterocycles. The molecule has 0 radical (unpaired) electrons. The molecule has 0 atom stereocenters. The van der Waals surface area contributed by atoms with Crippen molar-refractivity contribution in [1.29, 1.82) is 0 Å². The number of benzene rings is 2. The average Bonchev–Trinajstić information content (AvgIpc) is 3.10. The zero-order valence-corrected chi connectivity index (χ0v) is 13.7. The van der Waals surface area contributed by atoms with Crippen LogP contribution >= 0.6 is 0 Å². The van der Waals surface area contributed by atoms with Gasteiger partial charge in [-0.3, -0.25) is 4.79 Å². The van der Waals surface area contributed by atoms with Gasteiger partial charge in [0.05, 0.1) is 6.61 Å². The maximum absolute atomic E-state index is 12.3. The summed E-state index contributed by atoms with van der Waals surface area (Å²) in [6.07, 6.45) is 1.54. The van der Waals surface area contributed by atoms with E-state index in [1.165, 1.54) is 0 Å². The van der Waals surface area contributed by atoms with E-state index in [0.717, 1.165) is 0 Å². The highest BCUT2D eigenvalue weighted by molar-refractivity contribution is 6.03. The third-order valence-corrected chi connectivity index (χ3v) is 3.49. The second-order valence-electron chi connectivity index (χ2n) is 5.21. The highest BCUT2D eigenvalue weighted by Gasteiger charge is 2.17. The van der Waals surface area contributed by atoms with E-state index in [9.17, 15) is 9.59 Å². The molecule has 0 saturated heterocycles. The predicted octanol–water partition coefficient (Wildman–Crippen LogP) is 2.75. The Balaban J connectivity index is 1.86. The molecular formula is C19H17NO5. The minimum Gasteiger partial charge on any atom is -0.461 e. The maximum Gasteiger partial charge on any atom is 0.354 e. The fourth-order valence-corrected chi connectivity index (χ4v) is 2.31. The Morgan fingerprint density at radius 1 is 1.12 bits per heavy atom. The van der Waals surface area contributed by atoms with Crippen LogP contribution in [0.2, 0.25) is 0 Å². The number of hydrogen-bond acceptors (Lipinski definition) is 5. The molecule has 128 valence electrons. The summed E-state index contributed by atoms with van der Waals surface area (Å²) in [4.78, 5) is 24.5. The van der Waals surface area contributed by atoms with E-state index in [2.05, 4.69) is 5.32 Å². The Kier molecular flexibility index (Phi) is 4.99. The number of carbonyl (C=O) groups is 2. The van der Waals surface area contributed by atoms with Crippen LogP contribution in [0.5, 0.6) is 11.5 Å². The third kappa shape index (κ3) is 3.98. The molecule has 1 N–H and O–H groups in total. The molecule has 0 aliphatic carbocycles. The van der Waals surface area contributed by atoms with Gasteiger partial charge < -0.3 is 19.5 Å². The lowest BCUT2D eigenvalue weighted by atomic mass is 10.1. The van der Waals surface area contributed by atoms with Crippen LogP contribution < -0.4 is 14.8 Å². The van der Waals surface area contributed by atoms with Crippen LogP contribution in [0.15, 0.2) is 54.2 Å². The van der Waals surface area contributed by atoms with Crippen molar-refractivity contribution in [1.82, 2.24) is 5.32 Å². The fourth-order valence-electron chi connectivity index (χ4n) is 2.31. The van der Waals surface area contributed by atoms with Crippen molar-refractivity contribution in [3.63, 3.8) is 0 Å². The minimum atomic E-state index is -0.607. The summed E-state index contributed by atoms with van der Waals surface area (Å²) in [7, 11) is 0. The van der Waals surface area contributed by atoms with E-state index in [-0.39, 0.29) is 25.0 Å². The van der Waals surface area contributed by atoms with Crippen LogP contribution in [-0.4, -0.2) is 25.3 Å². The van der Waals surface area contributed by atoms with Gasteiger partial charge in [-0.05, 0) is 42.8 Å². The molecule has 6 heteroatoms. The third-order valence-electron chi connectivity index (χ3n) is 3.49. The van der Waals surface area contributed by atoms with E-state index in [1.54, 1.807) is 55.5 Å². The molecule has 25 heavy (non-hydrogen) atoms. The van der Waals surface area contributed by atoms with Crippen LogP contribution in [0.1, 0.15) is 22.8 Å². The van der Waals surface area contributed by atoms with Crippen molar-refractivity contribution in [2.24, 2.45) is 0 Å². The molecule has 3 rings (SSSR count). The largest absolute Gasteiger partial charge is 0.461 e. The molecule has 0 spiro atoms. The first-order valence-corrected chi connectivity index (χ1v) is 7.82. The zero-order chi connectivity index (χ0) is 17.6. The Bertz CT molecular complexity index is 814. The zero-order valence-electron chi connectivity index (χ0n) is 13.7. The molecule has 1 amide bonds. The quantitative estimate of drug-likeness (QED) is 0.670. The standard InChI is InChI=1S/C19H17NO5/c1-2-23-19(22)15(20-18(21)14-6-4-3-5-7-14)10-13-8-9-16-17(11-13)25-12-24-16/h3-11H,2,12H2,1H3,(H,20,21). The molecule has 0 fully saturated rings. The van der Waals surface area contributed by atoms with Crippen molar-refractivity contribution in [3.05, 3.63) is 65.4 Å². The summed E-state index contributed by atoms with van der Waals surface area (Å²) in [5, 5.41) is 2.61. The van der Waals surface area contributed by atoms with E-state index >= 15 is 0 Å². The van der Waals surface area contributed by atoms with Crippen molar-refractivity contribution < 1.29 is 23.8 Å².